The molecule has 0 saturated heterocycles. The predicted molar refractivity (Wildman–Crippen MR) is 44.5 cm³/mol. The van der Waals surface area contributed by atoms with Gasteiger partial charge in [0.1, 0.15) is 0 Å². The van der Waals surface area contributed by atoms with Crippen molar-refractivity contribution in [3.8, 4) is 0 Å². The van der Waals surface area contributed by atoms with Crippen molar-refractivity contribution in [3.05, 3.63) is 47.1 Å². The van der Waals surface area contributed by atoms with Gasteiger partial charge in [-0.25, -0.2) is 0 Å². The summed E-state index contributed by atoms with van der Waals surface area (Å²) >= 11 is 0. The van der Waals surface area contributed by atoms with Crippen LogP contribution in [0.2, 0.25) is 0 Å². The predicted octanol–water partition coefficient (Wildman–Crippen LogP) is 1.12. The maximum atomic E-state index is 11.0. The molecule has 0 aromatic carbocycles. The highest BCUT2D eigenvalue weighted by Crippen LogP contribution is 2.29. The third-order valence-corrected chi connectivity index (χ3v) is 1.94. The molecule has 0 saturated carbocycles. The lowest BCUT2D eigenvalue weighted by Gasteiger charge is -1.94. The van der Waals surface area contributed by atoms with Crippen LogP contribution in [0.4, 0.5) is 0 Å². The Kier molecular flexibility index (Phi) is 1.40. The fourth-order valence-electron chi connectivity index (χ4n) is 1.37. The normalized spacial score (nSPS) is 18.2. The zero-order chi connectivity index (χ0) is 8.55. The summed E-state index contributed by atoms with van der Waals surface area (Å²) in [5, 5.41) is 0. The maximum Gasteiger partial charge on any atom is 0.225 e. The molecule has 2 nitrogen and oxygen atoms in total. The van der Waals surface area contributed by atoms with Crippen LogP contribution in [0, 0.1) is 0 Å². The third-order valence-electron chi connectivity index (χ3n) is 1.94. The average molecular weight is 158 g/mol. The minimum absolute atomic E-state index is 0.349. The van der Waals surface area contributed by atoms with E-state index in [1.165, 1.54) is 0 Å². The molecule has 0 radical (unpaired) electrons. The second kappa shape index (κ2) is 2.41. The summed E-state index contributed by atoms with van der Waals surface area (Å²) < 4.78 is 0. The first-order valence-electron chi connectivity index (χ1n) is 3.63. The van der Waals surface area contributed by atoms with Gasteiger partial charge in [-0.05, 0) is 17.2 Å². The largest absolute Gasteiger partial charge is 0.294 e. The number of allylic oxidation sites excluding steroid dienone is 8. The smallest absolute Gasteiger partial charge is 0.225 e. The van der Waals surface area contributed by atoms with Crippen LogP contribution < -0.4 is 0 Å². The summed E-state index contributed by atoms with van der Waals surface area (Å²) in [6.07, 6.45) is 9.49. The second-order valence-electron chi connectivity index (χ2n) is 2.62. The number of rotatable bonds is 2. The Morgan fingerprint density at radius 2 is 2.08 bits per heavy atom. The molecule has 2 aliphatic carbocycles. The van der Waals surface area contributed by atoms with Gasteiger partial charge in [-0.2, -0.15) is 0 Å². The minimum atomic E-state index is -0.448. The molecular formula is C10H6O2. The molecule has 0 unspecified atom stereocenters. The summed E-state index contributed by atoms with van der Waals surface area (Å²) in [6.45, 7) is 0. The quantitative estimate of drug-likeness (QED) is 0.445. The molecule has 0 heterocycles. The highest BCUT2D eigenvalue weighted by molar-refractivity contribution is 6.35. The number of aldehydes is 1. The average Bonchev–Trinajstić information content (AvgIpc) is 2.62. The van der Waals surface area contributed by atoms with Crippen LogP contribution in [-0.2, 0) is 9.59 Å². The molecule has 2 heteroatoms. The lowest BCUT2D eigenvalue weighted by molar-refractivity contribution is -0.127. The molecule has 2 aliphatic rings. The van der Waals surface area contributed by atoms with E-state index in [4.69, 9.17) is 0 Å². The summed E-state index contributed by atoms with van der Waals surface area (Å²) in [4.78, 5) is 21.2. The number of Topliss-reactive ketones (excluding diaryl/α,β-unsaturated/α-hetero) is 1. The van der Waals surface area contributed by atoms with Gasteiger partial charge in [-0.1, -0.05) is 24.3 Å². The molecule has 0 aromatic rings. The summed E-state index contributed by atoms with van der Waals surface area (Å²) in [7, 11) is 0. The first kappa shape index (κ1) is 6.98. The monoisotopic (exact) mass is 158 g/mol. The van der Waals surface area contributed by atoms with Crippen molar-refractivity contribution in [2.24, 2.45) is 0 Å². The summed E-state index contributed by atoms with van der Waals surface area (Å²) in [5.74, 6) is -0.448. The highest BCUT2D eigenvalue weighted by Gasteiger charge is 2.18. The van der Waals surface area contributed by atoms with Gasteiger partial charge in [0, 0.05) is 5.57 Å². The zero-order valence-corrected chi connectivity index (χ0v) is 6.28. The standard InChI is InChI=1S/C10H6O2/c11-6-10(12)9-5-4-7-2-1-3-8(7)9/h1-6H. The van der Waals surface area contributed by atoms with Crippen molar-refractivity contribution in [1.29, 1.82) is 0 Å². The van der Waals surface area contributed by atoms with Crippen LogP contribution in [0.15, 0.2) is 47.1 Å². The number of hydrogen-bond acceptors (Lipinski definition) is 2. The van der Waals surface area contributed by atoms with E-state index in [0.29, 0.717) is 11.9 Å². The number of carbonyl (C=O) groups is 2. The second-order valence-corrected chi connectivity index (χ2v) is 2.62. The van der Waals surface area contributed by atoms with Crippen molar-refractivity contribution >= 4 is 12.1 Å². The van der Waals surface area contributed by atoms with Crippen LogP contribution in [0.3, 0.4) is 0 Å². The molecule has 0 bridgehead atoms. The van der Waals surface area contributed by atoms with Crippen molar-refractivity contribution < 1.29 is 9.59 Å². The van der Waals surface area contributed by atoms with Gasteiger partial charge in [0.2, 0.25) is 5.78 Å². The maximum absolute atomic E-state index is 11.0. The topological polar surface area (TPSA) is 34.1 Å². The molecule has 0 atom stereocenters. The van der Waals surface area contributed by atoms with Crippen LogP contribution in [0.25, 0.3) is 0 Å². The lowest BCUT2D eigenvalue weighted by atomic mass is 10.1. The van der Waals surface area contributed by atoms with Gasteiger partial charge in [0.05, 0.1) is 0 Å². The number of fused-ring (bicyclic) bond motifs is 1. The zero-order valence-electron chi connectivity index (χ0n) is 6.28. The fourth-order valence-corrected chi connectivity index (χ4v) is 1.37. The Labute approximate surface area is 69.6 Å². The summed E-state index contributed by atoms with van der Waals surface area (Å²) in [5.41, 5.74) is 2.39. The van der Waals surface area contributed by atoms with Crippen molar-refractivity contribution in [2.45, 2.75) is 0 Å². The molecule has 58 valence electrons. The lowest BCUT2D eigenvalue weighted by Crippen LogP contribution is -2.01. The van der Waals surface area contributed by atoms with Crippen molar-refractivity contribution in [3.63, 3.8) is 0 Å². The Morgan fingerprint density at radius 1 is 1.25 bits per heavy atom. The van der Waals surface area contributed by atoms with Crippen LogP contribution in [-0.4, -0.2) is 12.1 Å². The Bertz CT molecular complexity index is 379. The van der Waals surface area contributed by atoms with E-state index < -0.39 is 5.78 Å². The first-order chi connectivity index (χ1) is 5.83. The first-order valence-corrected chi connectivity index (χ1v) is 3.63. The molecule has 0 fully saturated rings. The van der Waals surface area contributed by atoms with Gasteiger partial charge in [0.15, 0.2) is 6.29 Å². The van der Waals surface area contributed by atoms with E-state index in [2.05, 4.69) is 0 Å². The van der Waals surface area contributed by atoms with Crippen LogP contribution in [0.5, 0.6) is 0 Å². The highest BCUT2D eigenvalue weighted by atomic mass is 16.2. The van der Waals surface area contributed by atoms with Crippen molar-refractivity contribution in [1.82, 2.24) is 0 Å². The molecule has 2 rings (SSSR count). The molecule has 0 N–H and O–H groups in total. The molecule has 0 aromatic heterocycles. The van der Waals surface area contributed by atoms with Gasteiger partial charge < -0.3 is 0 Å². The van der Waals surface area contributed by atoms with Gasteiger partial charge in [-0.3, -0.25) is 9.59 Å². The Balaban J connectivity index is 2.50. The van der Waals surface area contributed by atoms with E-state index in [1.807, 2.05) is 24.3 Å². The van der Waals surface area contributed by atoms with Gasteiger partial charge >= 0.3 is 0 Å². The molecule has 12 heavy (non-hydrogen) atoms. The number of ketones is 1. The van der Waals surface area contributed by atoms with E-state index in [1.54, 1.807) is 6.08 Å². The summed E-state index contributed by atoms with van der Waals surface area (Å²) in [6, 6.07) is 0. The van der Waals surface area contributed by atoms with Crippen LogP contribution in [0.1, 0.15) is 0 Å². The van der Waals surface area contributed by atoms with E-state index >= 15 is 0 Å². The molecular weight excluding hydrogens is 152 g/mol. The number of carbonyl (C=O) groups excluding carboxylic acids is 2. The molecule has 0 amide bonds. The SMILES string of the molecule is O=CC(=O)C1=C2C=CC=C2C=C1. The third kappa shape index (κ3) is 0.815. The number of hydrogen-bond donors (Lipinski definition) is 0. The fraction of sp³-hybridized carbons (Fsp3) is 0. The Hall–Kier alpha value is -1.70. The van der Waals surface area contributed by atoms with Crippen molar-refractivity contribution in [2.75, 3.05) is 0 Å². The van der Waals surface area contributed by atoms with Gasteiger partial charge in [0.25, 0.3) is 0 Å². The minimum Gasteiger partial charge on any atom is -0.294 e. The molecule has 0 aliphatic heterocycles. The van der Waals surface area contributed by atoms with E-state index in [-0.39, 0.29) is 0 Å². The van der Waals surface area contributed by atoms with Gasteiger partial charge in [-0.15, -0.1) is 0 Å². The van der Waals surface area contributed by atoms with E-state index in [0.717, 1.165) is 11.1 Å². The van der Waals surface area contributed by atoms with Crippen LogP contribution >= 0.6 is 0 Å². The molecule has 0 spiro atoms. The van der Waals surface area contributed by atoms with E-state index in [9.17, 15) is 9.59 Å². The Morgan fingerprint density at radius 3 is 2.83 bits per heavy atom.